The SMILES string of the molecule is CNC(=O)c1cnc2ccc(CCCCCCCCCCCNC(=O)CCc3cccc4c3CN(C3CCC(=O)NC3=O)C4=O)cc2c1Nc1ccccc1. The second-order valence-electron chi connectivity index (χ2n) is 14.6. The van der Waals surface area contributed by atoms with Crippen molar-refractivity contribution >= 4 is 51.8 Å². The van der Waals surface area contributed by atoms with Crippen LogP contribution in [0.3, 0.4) is 0 Å². The first-order valence-corrected chi connectivity index (χ1v) is 19.8. The minimum absolute atomic E-state index is 0.00208. The molecule has 0 bridgehead atoms. The lowest BCUT2D eigenvalue weighted by Gasteiger charge is -2.29. The van der Waals surface area contributed by atoms with Gasteiger partial charge >= 0.3 is 0 Å². The molecule has 1 atom stereocenters. The predicted molar refractivity (Wildman–Crippen MR) is 214 cm³/mol. The quantitative estimate of drug-likeness (QED) is 0.0603. The minimum Gasteiger partial charge on any atom is -0.356 e. The molecule has 288 valence electrons. The van der Waals surface area contributed by atoms with Crippen LogP contribution >= 0.6 is 0 Å². The molecule has 0 aliphatic carbocycles. The molecule has 0 saturated carbocycles. The number of fused-ring (bicyclic) bond motifs is 2. The number of carbonyl (C=O) groups excluding carboxylic acids is 5. The molecule has 11 heteroatoms. The van der Waals surface area contributed by atoms with Crippen molar-refractivity contribution in [3.63, 3.8) is 0 Å². The van der Waals surface area contributed by atoms with E-state index in [1.807, 2.05) is 48.5 Å². The molecule has 1 aromatic heterocycles. The van der Waals surface area contributed by atoms with E-state index in [1.165, 1.54) is 37.7 Å². The lowest BCUT2D eigenvalue weighted by Crippen LogP contribution is -2.52. The van der Waals surface area contributed by atoms with Gasteiger partial charge in [0.15, 0.2) is 0 Å². The van der Waals surface area contributed by atoms with E-state index < -0.39 is 11.9 Å². The number of aromatic nitrogens is 1. The lowest BCUT2D eigenvalue weighted by atomic mass is 9.99. The van der Waals surface area contributed by atoms with Gasteiger partial charge in [-0.3, -0.25) is 34.3 Å². The van der Waals surface area contributed by atoms with Crippen molar-refractivity contribution in [2.24, 2.45) is 0 Å². The first-order valence-electron chi connectivity index (χ1n) is 19.8. The van der Waals surface area contributed by atoms with Gasteiger partial charge in [0.1, 0.15) is 6.04 Å². The molecule has 0 radical (unpaired) electrons. The molecule has 4 aromatic rings. The van der Waals surface area contributed by atoms with E-state index in [0.29, 0.717) is 43.5 Å². The third-order valence-electron chi connectivity index (χ3n) is 10.7. The van der Waals surface area contributed by atoms with Crippen LogP contribution in [0, 0.1) is 0 Å². The van der Waals surface area contributed by atoms with E-state index in [9.17, 15) is 24.0 Å². The maximum atomic E-state index is 13.1. The number of unbranched alkanes of at least 4 members (excludes halogenated alkanes) is 8. The van der Waals surface area contributed by atoms with Crippen molar-refractivity contribution in [1.29, 1.82) is 0 Å². The molecule has 1 fully saturated rings. The second-order valence-corrected chi connectivity index (χ2v) is 14.6. The fourth-order valence-electron chi connectivity index (χ4n) is 7.64. The highest BCUT2D eigenvalue weighted by Gasteiger charge is 2.39. The summed E-state index contributed by atoms with van der Waals surface area (Å²) in [5.41, 5.74) is 6.70. The molecule has 4 N–H and O–H groups in total. The highest BCUT2D eigenvalue weighted by atomic mass is 16.2. The summed E-state index contributed by atoms with van der Waals surface area (Å²) in [7, 11) is 1.63. The number of pyridine rings is 1. The summed E-state index contributed by atoms with van der Waals surface area (Å²) < 4.78 is 0. The number of aryl methyl sites for hydroxylation is 2. The van der Waals surface area contributed by atoms with Crippen LogP contribution < -0.4 is 21.3 Å². The highest BCUT2D eigenvalue weighted by Crippen LogP contribution is 2.32. The van der Waals surface area contributed by atoms with Crippen molar-refractivity contribution in [2.45, 2.75) is 102 Å². The molecule has 1 unspecified atom stereocenters. The van der Waals surface area contributed by atoms with Gasteiger partial charge in [-0.1, -0.05) is 81.3 Å². The predicted octanol–water partition coefficient (Wildman–Crippen LogP) is 6.90. The van der Waals surface area contributed by atoms with Crippen LogP contribution in [0.2, 0.25) is 0 Å². The first-order chi connectivity index (χ1) is 26.8. The Bertz CT molecular complexity index is 2010. The van der Waals surface area contributed by atoms with Crippen LogP contribution in [0.1, 0.15) is 114 Å². The monoisotopic (exact) mass is 744 g/mol. The van der Waals surface area contributed by atoms with Crippen molar-refractivity contribution in [2.75, 3.05) is 18.9 Å². The average molecular weight is 745 g/mol. The van der Waals surface area contributed by atoms with Crippen molar-refractivity contribution in [3.8, 4) is 0 Å². The number of rotatable bonds is 19. The first kappa shape index (κ1) is 39.1. The highest BCUT2D eigenvalue weighted by molar-refractivity contribution is 6.08. The molecule has 11 nitrogen and oxygen atoms in total. The lowest BCUT2D eigenvalue weighted by molar-refractivity contribution is -0.137. The van der Waals surface area contributed by atoms with E-state index in [2.05, 4.69) is 38.4 Å². The Morgan fingerprint density at radius 1 is 0.855 bits per heavy atom. The van der Waals surface area contributed by atoms with E-state index in [0.717, 1.165) is 65.5 Å². The van der Waals surface area contributed by atoms with Crippen LogP contribution in [0.15, 0.2) is 72.9 Å². The molecule has 0 spiro atoms. The van der Waals surface area contributed by atoms with Crippen LogP contribution in [-0.2, 0) is 33.8 Å². The van der Waals surface area contributed by atoms with Crippen LogP contribution in [0.5, 0.6) is 0 Å². The summed E-state index contributed by atoms with van der Waals surface area (Å²) in [6, 6.07) is 21.1. The Kier molecular flexibility index (Phi) is 13.6. The zero-order valence-electron chi connectivity index (χ0n) is 31.8. The van der Waals surface area contributed by atoms with Gasteiger partial charge in [-0.25, -0.2) is 0 Å². The summed E-state index contributed by atoms with van der Waals surface area (Å²) in [6.45, 7) is 0.981. The summed E-state index contributed by atoms with van der Waals surface area (Å²) in [6.07, 6.45) is 14.4. The third kappa shape index (κ3) is 10.1. The Hall–Kier alpha value is -5.58. The van der Waals surface area contributed by atoms with Crippen LogP contribution in [-0.4, -0.2) is 59.1 Å². The zero-order valence-corrected chi connectivity index (χ0v) is 31.8. The number of hydrogen-bond donors (Lipinski definition) is 4. The van der Waals surface area contributed by atoms with Gasteiger partial charge in [-0.2, -0.15) is 0 Å². The van der Waals surface area contributed by atoms with Crippen molar-refractivity contribution in [3.05, 3.63) is 101 Å². The topological polar surface area (TPSA) is 150 Å². The summed E-state index contributed by atoms with van der Waals surface area (Å²) in [4.78, 5) is 68.4. The molecular formula is C44H52N6O5. The molecule has 2 aliphatic heterocycles. The molecule has 3 heterocycles. The number of nitrogens with zero attached hydrogens (tertiary/aromatic N) is 2. The molecule has 55 heavy (non-hydrogen) atoms. The Balaban J connectivity index is 0.835. The van der Waals surface area contributed by atoms with Gasteiger partial charge in [0.2, 0.25) is 17.7 Å². The van der Waals surface area contributed by atoms with Crippen LogP contribution in [0.4, 0.5) is 11.4 Å². The largest absolute Gasteiger partial charge is 0.356 e. The molecule has 1 saturated heterocycles. The second kappa shape index (κ2) is 19.1. The maximum Gasteiger partial charge on any atom is 0.255 e. The normalized spacial score (nSPS) is 15.2. The van der Waals surface area contributed by atoms with Gasteiger partial charge in [0, 0.05) is 55.8 Å². The van der Waals surface area contributed by atoms with E-state index >= 15 is 0 Å². The van der Waals surface area contributed by atoms with Gasteiger partial charge in [0.25, 0.3) is 11.8 Å². The number of imide groups is 1. The van der Waals surface area contributed by atoms with Gasteiger partial charge in [-0.05, 0) is 79.1 Å². The fraction of sp³-hybridized carbons (Fsp3) is 0.409. The van der Waals surface area contributed by atoms with Crippen LogP contribution in [0.25, 0.3) is 10.9 Å². The number of benzene rings is 3. The number of hydrogen-bond acceptors (Lipinski definition) is 7. The van der Waals surface area contributed by atoms with Gasteiger partial charge < -0.3 is 20.9 Å². The third-order valence-corrected chi connectivity index (χ3v) is 10.7. The number of para-hydroxylation sites is 1. The zero-order chi connectivity index (χ0) is 38.6. The molecule has 2 aliphatic rings. The Labute approximate surface area is 323 Å². The minimum atomic E-state index is -0.647. The Morgan fingerprint density at radius 3 is 2.35 bits per heavy atom. The van der Waals surface area contributed by atoms with E-state index in [-0.39, 0.29) is 30.0 Å². The van der Waals surface area contributed by atoms with Crippen molar-refractivity contribution < 1.29 is 24.0 Å². The number of nitrogens with one attached hydrogen (secondary N) is 4. The fourth-order valence-corrected chi connectivity index (χ4v) is 7.64. The summed E-state index contributed by atoms with van der Waals surface area (Å²) in [5, 5.41) is 12.5. The van der Waals surface area contributed by atoms with Gasteiger partial charge in [0.05, 0.1) is 16.8 Å². The smallest absolute Gasteiger partial charge is 0.255 e. The number of carbonyl (C=O) groups is 5. The standard InChI is InChI=1S/C44H52N6O5/c1-45-42(53)35-28-47-37-22-20-30(27-34(37)41(35)48-32-17-11-9-12-18-32)15-10-7-5-3-2-4-6-8-13-26-46-39(51)24-21-31-16-14-19-33-36(31)29-50(44(33)55)38-23-25-40(52)49-43(38)54/h9,11-12,14,16-20,22,27-28,38H,2-8,10,13,15,21,23-26,29H2,1H3,(H,45,53)(H,46,51)(H,47,48)(H,49,52,54). The Morgan fingerprint density at radius 2 is 1.60 bits per heavy atom. The summed E-state index contributed by atoms with van der Waals surface area (Å²) >= 11 is 0. The number of anilines is 2. The van der Waals surface area contributed by atoms with E-state index in [1.54, 1.807) is 24.2 Å². The molecule has 3 aromatic carbocycles. The number of amides is 5. The van der Waals surface area contributed by atoms with Gasteiger partial charge in [-0.15, -0.1) is 0 Å². The average Bonchev–Trinajstić information content (AvgIpc) is 3.53. The summed E-state index contributed by atoms with van der Waals surface area (Å²) in [5.74, 6) is -1.09. The maximum absolute atomic E-state index is 13.1. The molecule has 5 amide bonds. The number of piperidine rings is 1. The van der Waals surface area contributed by atoms with E-state index in [4.69, 9.17) is 0 Å². The molecule has 6 rings (SSSR count). The molecular weight excluding hydrogens is 693 g/mol. The van der Waals surface area contributed by atoms with Crippen molar-refractivity contribution in [1.82, 2.24) is 25.8 Å².